The molecule has 1 fully saturated rings. The molecule has 158 valence electrons. The number of aromatic nitrogens is 3. The first-order valence-electron chi connectivity index (χ1n) is 9.96. The Morgan fingerprint density at radius 2 is 2.19 bits per heavy atom. The number of aryl methyl sites for hydroxylation is 1. The number of nitriles is 1. The lowest BCUT2D eigenvalue weighted by Crippen LogP contribution is -2.38. The number of nitrogens with zero attached hydrogens (tertiary/aromatic N) is 4. The number of hydrogen-bond donors (Lipinski definition) is 4. The predicted octanol–water partition coefficient (Wildman–Crippen LogP) is 3.27. The van der Waals surface area contributed by atoms with Crippen molar-refractivity contribution >= 4 is 39.8 Å². The average molecular weight is 435 g/mol. The molecule has 9 nitrogen and oxygen atoms in total. The van der Waals surface area contributed by atoms with Gasteiger partial charge in [-0.05, 0) is 62.1 Å². The fourth-order valence-corrected chi connectivity index (χ4v) is 4.14. The Kier molecular flexibility index (Phi) is 6.35. The maximum Gasteiger partial charge on any atom is 0.260 e. The van der Waals surface area contributed by atoms with E-state index in [0.29, 0.717) is 39.4 Å². The van der Waals surface area contributed by atoms with Crippen LogP contribution in [0.1, 0.15) is 34.5 Å². The van der Waals surface area contributed by atoms with Crippen LogP contribution in [0.5, 0.6) is 0 Å². The number of amides is 1. The Morgan fingerprint density at radius 3 is 2.94 bits per heavy atom. The third-order valence-corrected chi connectivity index (χ3v) is 5.74. The zero-order valence-corrected chi connectivity index (χ0v) is 17.8. The van der Waals surface area contributed by atoms with Gasteiger partial charge in [0.25, 0.3) is 5.91 Å². The highest BCUT2D eigenvalue weighted by Gasteiger charge is 2.20. The van der Waals surface area contributed by atoms with Crippen molar-refractivity contribution in [3.63, 3.8) is 0 Å². The SMILES string of the molecule is Cc1nsc(Nc2cc(C#N)ccn2)c1C(=O)Nc1ccc(NC2CCCNC2)nc1. The van der Waals surface area contributed by atoms with Gasteiger partial charge in [0.1, 0.15) is 16.6 Å². The van der Waals surface area contributed by atoms with E-state index in [1.807, 2.05) is 12.1 Å². The Bertz CT molecular complexity index is 1100. The largest absolute Gasteiger partial charge is 0.366 e. The minimum Gasteiger partial charge on any atom is -0.366 e. The maximum atomic E-state index is 12.9. The molecule has 1 saturated heterocycles. The van der Waals surface area contributed by atoms with Crippen molar-refractivity contribution in [2.45, 2.75) is 25.8 Å². The number of rotatable bonds is 6. The second kappa shape index (κ2) is 9.51. The molecule has 1 atom stereocenters. The first-order chi connectivity index (χ1) is 15.1. The lowest BCUT2D eigenvalue weighted by atomic mass is 10.1. The number of pyridine rings is 2. The molecule has 1 aliphatic rings. The molecule has 0 aliphatic carbocycles. The smallest absolute Gasteiger partial charge is 0.260 e. The number of carbonyl (C=O) groups excluding carboxylic acids is 1. The molecule has 1 amide bonds. The van der Waals surface area contributed by atoms with Crippen LogP contribution in [0.15, 0.2) is 36.7 Å². The molecule has 3 aromatic heterocycles. The van der Waals surface area contributed by atoms with Crippen LogP contribution in [-0.2, 0) is 0 Å². The van der Waals surface area contributed by atoms with E-state index in [1.54, 1.807) is 31.5 Å². The van der Waals surface area contributed by atoms with Gasteiger partial charge in [-0.15, -0.1) is 0 Å². The first-order valence-corrected chi connectivity index (χ1v) is 10.7. The summed E-state index contributed by atoms with van der Waals surface area (Å²) in [6.45, 7) is 3.76. The zero-order chi connectivity index (χ0) is 21.6. The number of nitrogens with one attached hydrogen (secondary N) is 4. The van der Waals surface area contributed by atoms with Gasteiger partial charge >= 0.3 is 0 Å². The van der Waals surface area contributed by atoms with Gasteiger partial charge < -0.3 is 21.3 Å². The first kappa shape index (κ1) is 20.7. The maximum absolute atomic E-state index is 12.9. The minimum absolute atomic E-state index is 0.288. The minimum atomic E-state index is -0.288. The van der Waals surface area contributed by atoms with Crippen molar-refractivity contribution < 1.29 is 4.79 Å². The third kappa shape index (κ3) is 5.14. The summed E-state index contributed by atoms with van der Waals surface area (Å²) in [7, 11) is 0. The quantitative estimate of drug-likeness (QED) is 0.465. The van der Waals surface area contributed by atoms with Gasteiger partial charge in [0, 0.05) is 18.8 Å². The van der Waals surface area contributed by atoms with E-state index in [9.17, 15) is 4.79 Å². The van der Waals surface area contributed by atoms with Gasteiger partial charge in [0.15, 0.2) is 0 Å². The second-order valence-electron chi connectivity index (χ2n) is 7.21. The summed E-state index contributed by atoms with van der Waals surface area (Å²) < 4.78 is 4.29. The lowest BCUT2D eigenvalue weighted by Gasteiger charge is -2.24. The molecule has 0 radical (unpaired) electrons. The van der Waals surface area contributed by atoms with Crippen molar-refractivity contribution in [1.29, 1.82) is 5.26 Å². The number of hydrogen-bond acceptors (Lipinski definition) is 9. The van der Waals surface area contributed by atoms with Crippen LogP contribution in [0, 0.1) is 18.3 Å². The molecule has 4 heterocycles. The Morgan fingerprint density at radius 1 is 1.29 bits per heavy atom. The summed E-state index contributed by atoms with van der Waals surface area (Å²) in [5.41, 5.74) is 2.12. The highest BCUT2D eigenvalue weighted by atomic mass is 32.1. The van der Waals surface area contributed by atoms with E-state index in [0.717, 1.165) is 31.7 Å². The molecular weight excluding hydrogens is 412 g/mol. The molecule has 31 heavy (non-hydrogen) atoms. The fourth-order valence-electron chi connectivity index (χ4n) is 3.34. The molecule has 1 unspecified atom stereocenters. The van der Waals surface area contributed by atoms with E-state index in [1.165, 1.54) is 11.5 Å². The molecule has 10 heteroatoms. The Balaban J connectivity index is 1.43. The molecule has 0 saturated carbocycles. The van der Waals surface area contributed by atoms with Gasteiger partial charge in [-0.3, -0.25) is 4.79 Å². The topological polar surface area (TPSA) is 128 Å². The van der Waals surface area contributed by atoms with Crippen LogP contribution in [0.3, 0.4) is 0 Å². The molecule has 0 bridgehead atoms. The molecule has 3 aromatic rings. The molecule has 1 aliphatic heterocycles. The van der Waals surface area contributed by atoms with Gasteiger partial charge in [-0.1, -0.05) is 0 Å². The van der Waals surface area contributed by atoms with Crippen LogP contribution >= 0.6 is 11.5 Å². The van der Waals surface area contributed by atoms with E-state index in [-0.39, 0.29) is 5.91 Å². The molecular formula is C21H22N8OS. The zero-order valence-electron chi connectivity index (χ0n) is 17.0. The van der Waals surface area contributed by atoms with Crippen molar-refractivity contribution in [3.05, 3.63) is 53.5 Å². The standard InChI is InChI=1S/C21H22N8OS/c1-13-19(21(31-29-13)28-18-9-14(10-22)6-8-24-18)20(30)27-16-4-5-17(25-12-16)26-15-3-2-7-23-11-15/h4-6,8-9,12,15,23H,2-3,7,11H2,1H3,(H,24,28)(H,25,26)(H,27,30). The number of piperidine rings is 1. The monoisotopic (exact) mass is 434 g/mol. The summed E-state index contributed by atoms with van der Waals surface area (Å²) in [5, 5.41) is 22.4. The van der Waals surface area contributed by atoms with Crippen molar-refractivity contribution in [3.8, 4) is 6.07 Å². The van der Waals surface area contributed by atoms with Gasteiger partial charge in [-0.2, -0.15) is 9.64 Å². The highest BCUT2D eigenvalue weighted by molar-refractivity contribution is 7.10. The number of carbonyl (C=O) groups is 1. The summed E-state index contributed by atoms with van der Waals surface area (Å²) in [6, 6.07) is 9.36. The molecule has 4 N–H and O–H groups in total. The van der Waals surface area contributed by atoms with E-state index in [4.69, 9.17) is 5.26 Å². The van der Waals surface area contributed by atoms with Crippen LogP contribution in [-0.4, -0.2) is 39.4 Å². The van der Waals surface area contributed by atoms with Crippen LogP contribution in [0.25, 0.3) is 0 Å². The fraction of sp³-hybridized carbons (Fsp3) is 0.286. The summed E-state index contributed by atoms with van der Waals surface area (Å²) in [4.78, 5) is 21.5. The molecule has 0 spiro atoms. The van der Waals surface area contributed by atoms with Gasteiger partial charge in [0.05, 0.1) is 34.8 Å². The van der Waals surface area contributed by atoms with Crippen LogP contribution < -0.4 is 21.3 Å². The van der Waals surface area contributed by atoms with Crippen LogP contribution in [0.2, 0.25) is 0 Å². The van der Waals surface area contributed by atoms with E-state index < -0.39 is 0 Å². The van der Waals surface area contributed by atoms with Gasteiger partial charge in [-0.25, -0.2) is 9.97 Å². The lowest BCUT2D eigenvalue weighted by molar-refractivity contribution is 0.102. The van der Waals surface area contributed by atoms with E-state index in [2.05, 4.69) is 41.7 Å². The highest BCUT2D eigenvalue weighted by Crippen LogP contribution is 2.28. The van der Waals surface area contributed by atoms with Crippen molar-refractivity contribution in [1.82, 2.24) is 19.7 Å². The third-order valence-electron chi connectivity index (χ3n) is 4.89. The van der Waals surface area contributed by atoms with Gasteiger partial charge in [0.2, 0.25) is 0 Å². The molecule has 4 rings (SSSR count). The summed E-state index contributed by atoms with van der Waals surface area (Å²) >= 11 is 1.17. The Hall–Kier alpha value is -3.55. The average Bonchev–Trinajstić information content (AvgIpc) is 3.16. The second-order valence-corrected chi connectivity index (χ2v) is 7.99. The van der Waals surface area contributed by atoms with Crippen LogP contribution in [0.4, 0.5) is 22.3 Å². The number of anilines is 4. The Labute approximate surface area is 184 Å². The predicted molar refractivity (Wildman–Crippen MR) is 121 cm³/mol. The summed E-state index contributed by atoms with van der Waals surface area (Å²) in [6.07, 6.45) is 5.43. The normalized spacial score (nSPS) is 15.7. The summed E-state index contributed by atoms with van der Waals surface area (Å²) in [5.74, 6) is 0.973. The van der Waals surface area contributed by atoms with E-state index >= 15 is 0 Å². The van der Waals surface area contributed by atoms with Crippen molar-refractivity contribution in [2.24, 2.45) is 0 Å². The molecule has 0 aromatic carbocycles. The van der Waals surface area contributed by atoms with Crippen molar-refractivity contribution in [2.75, 3.05) is 29.0 Å².